The number of ketones is 1. The minimum atomic E-state index is -0.107. The van der Waals surface area contributed by atoms with Crippen molar-refractivity contribution in [1.29, 1.82) is 0 Å². The summed E-state index contributed by atoms with van der Waals surface area (Å²) < 4.78 is 0. The molecule has 1 aromatic rings. The summed E-state index contributed by atoms with van der Waals surface area (Å²) >= 11 is 0. The van der Waals surface area contributed by atoms with Crippen molar-refractivity contribution in [3.05, 3.63) is 34.9 Å². The van der Waals surface area contributed by atoms with Gasteiger partial charge in [0.25, 0.3) is 0 Å². The van der Waals surface area contributed by atoms with Crippen molar-refractivity contribution in [3.63, 3.8) is 0 Å². The molecule has 0 aliphatic carbocycles. The van der Waals surface area contributed by atoms with Gasteiger partial charge in [0.2, 0.25) is 0 Å². The van der Waals surface area contributed by atoms with E-state index in [0.29, 0.717) is 6.04 Å². The van der Waals surface area contributed by atoms with Crippen LogP contribution in [0.25, 0.3) is 0 Å². The molecule has 2 atom stereocenters. The van der Waals surface area contributed by atoms with Gasteiger partial charge in [0.1, 0.15) is 0 Å². The molecule has 0 aromatic heterocycles. The van der Waals surface area contributed by atoms with Crippen LogP contribution in [0.15, 0.2) is 18.2 Å². The monoisotopic (exact) mass is 275 g/mol. The number of Topliss-reactive ketones (excluding diaryl/α,β-unsaturated/α-hetero) is 1. The van der Waals surface area contributed by atoms with E-state index in [2.05, 4.69) is 38.7 Å². The molecule has 0 N–H and O–H groups in total. The summed E-state index contributed by atoms with van der Waals surface area (Å²) in [6.45, 7) is 14.9. The molecule has 0 aliphatic heterocycles. The molecule has 112 valence electrons. The second kappa shape index (κ2) is 6.09. The molecule has 0 heterocycles. The molecule has 2 unspecified atom stereocenters. The Labute approximate surface area is 124 Å². The van der Waals surface area contributed by atoms with Gasteiger partial charge in [0.05, 0.1) is 6.04 Å². The molecule has 1 aromatic carbocycles. The first-order chi connectivity index (χ1) is 9.05. The number of hydrogen-bond acceptors (Lipinski definition) is 2. The highest BCUT2D eigenvalue weighted by Crippen LogP contribution is 2.25. The maximum Gasteiger partial charge on any atom is 0.179 e. The molecular weight excluding hydrogens is 246 g/mol. The van der Waals surface area contributed by atoms with Gasteiger partial charge in [-0.25, -0.2) is 0 Å². The van der Waals surface area contributed by atoms with E-state index in [1.807, 2.05) is 40.0 Å². The molecule has 0 amide bonds. The fourth-order valence-corrected chi connectivity index (χ4v) is 2.36. The number of carbonyl (C=O) groups excluding carboxylic acids is 1. The molecule has 0 aliphatic rings. The average Bonchev–Trinajstić information content (AvgIpc) is 2.37. The zero-order valence-corrected chi connectivity index (χ0v) is 14.2. The van der Waals surface area contributed by atoms with E-state index < -0.39 is 0 Å². The molecule has 2 heteroatoms. The molecule has 1 rings (SSSR count). The maximum atomic E-state index is 12.7. The summed E-state index contributed by atoms with van der Waals surface area (Å²) in [6, 6.07) is 6.32. The predicted octanol–water partition coefficient (Wildman–Crippen LogP) is 4.24. The predicted molar refractivity (Wildman–Crippen MR) is 86.4 cm³/mol. The average molecular weight is 275 g/mol. The van der Waals surface area contributed by atoms with Crippen LogP contribution in [0.2, 0.25) is 0 Å². The molecule has 0 saturated carbocycles. The molecule has 0 saturated heterocycles. The van der Waals surface area contributed by atoms with Gasteiger partial charge in [0, 0.05) is 11.6 Å². The van der Waals surface area contributed by atoms with E-state index in [0.717, 1.165) is 16.7 Å². The highest BCUT2D eigenvalue weighted by atomic mass is 16.1. The van der Waals surface area contributed by atoms with E-state index in [9.17, 15) is 4.79 Å². The van der Waals surface area contributed by atoms with Gasteiger partial charge in [-0.3, -0.25) is 9.69 Å². The van der Waals surface area contributed by atoms with Crippen molar-refractivity contribution < 1.29 is 4.79 Å². The number of aryl methyl sites for hydroxylation is 2. The van der Waals surface area contributed by atoms with Crippen LogP contribution in [0.3, 0.4) is 0 Å². The Kier molecular flexibility index (Phi) is 5.15. The minimum Gasteiger partial charge on any atom is -0.293 e. The smallest absolute Gasteiger partial charge is 0.179 e. The summed E-state index contributed by atoms with van der Waals surface area (Å²) in [5.74, 6) is 0.213. The quantitative estimate of drug-likeness (QED) is 0.766. The van der Waals surface area contributed by atoms with Crippen LogP contribution in [0.1, 0.15) is 56.1 Å². The Morgan fingerprint density at radius 2 is 1.70 bits per heavy atom. The largest absolute Gasteiger partial charge is 0.293 e. The van der Waals surface area contributed by atoms with Gasteiger partial charge >= 0.3 is 0 Å². The van der Waals surface area contributed by atoms with E-state index >= 15 is 0 Å². The minimum absolute atomic E-state index is 0.107. The third-order valence-electron chi connectivity index (χ3n) is 4.51. The number of rotatable bonds is 4. The molecule has 20 heavy (non-hydrogen) atoms. The first-order valence-electron chi connectivity index (χ1n) is 7.39. The summed E-state index contributed by atoms with van der Waals surface area (Å²) in [6.07, 6.45) is 0. The van der Waals surface area contributed by atoms with Crippen LogP contribution in [-0.4, -0.2) is 29.8 Å². The second-order valence-corrected chi connectivity index (χ2v) is 7.07. The number of nitrogens with zero attached hydrogens (tertiary/aromatic N) is 1. The second-order valence-electron chi connectivity index (χ2n) is 7.07. The van der Waals surface area contributed by atoms with Gasteiger partial charge < -0.3 is 0 Å². The Bertz CT molecular complexity index is 485. The molecule has 2 nitrogen and oxygen atoms in total. The van der Waals surface area contributed by atoms with Crippen molar-refractivity contribution in [2.45, 2.75) is 60.5 Å². The zero-order valence-electron chi connectivity index (χ0n) is 14.2. The molecule has 0 fully saturated rings. The maximum absolute atomic E-state index is 12.7. The van der Waals surface area contributed by atoms with Crippen molar-refractivity contribution >= 4 is 5.78 Å². The summed E-state index contributed by atoms with van der Waals surface area (Å²) in [5, 5.41) is 0. The van der Waals surface area contributed by atoms with Gasteiger partial charge in [-0.15, -0.1) is 0 Å². The van der Waals surface area contributed by atoms with Crippen LogP contribution in [-0.2, 0) is 0 Å². The first kappa shape index (κ1) is 16.9. The number of benzene rings is 1. The summed E-state index contributed by atoms with van der Waals surface area (Å²) in [4.78, 5) is 14.9. The SMILES string of the molecule is Cc1ccc(C)c(C(=O)C(C)N(C)C(C)C(C)(C)C)c1. The van der Waals surface area contributed by atoms with Crippen LogP contribution in [0.4, 0.5) is 0 Å². The number of carbonyl (C=O) groups is 1. The third-order valence-corrected chi connectivity index (χ3v) is 4.51. The van der Waals surface area contributed by atoms with Crippen LogP contribution < -0.4 is 0 Å². The Morgan fingerprint density at radius 1 is 1.15 bits per heavy atom. The van der Waals surface area contributed by atoms with Crippen molar-refractivity contribution in [1.82, 2.24) is 4.90 Å². The molecule has 0 spiro atoms. The van der Waals surface area contributed by atoms with Crippen molar-refractivity contribution in [3.8, 4) is 0 Å². The Balaban J connectivity index is 3.00. The summed E-state index contributed by atoms with van der Waals surface area (Å²) in [7, 11) is 2.05. The van der Waals surface area contributed by atoms with E-state index in [1.54, 1.807) is 0 Å². The summed E-state index contributed by atoms with van der Waals surface area (Å²) in [5.41, 5.74) is 3.21. The Hall–Kier alpha value is -1.15. The lowest BCUT2D eigenvalue weighted by Crippen LogP contribution is -2.47. The lowest BCUT2D eigenvalue weighted by molar-refractivity contribution is 0.0694. The van der Waals surface area contributed by atoms with Crippen molar-refractivity contribution in [2.75, 3.05) is 7.05 Å². The molecular formula is C18H29NO. The van der Waals surface area contributed by atoms with Gasteiger partial charge in [-0.2, -0.15) is 0 Å². The fourth-order valence-electron chi connectivity index (χ4n) is 2.36. The topological polar surface area (TPSA) is 20.3 Å². The lowest BCUT2D eigenvalue weighted by atomic mass is 9.85. The number of likely N-dealkylation sites (N-methyl/N-ethyl adjacent to an activating group) is 1. The van der Waals surface area contributed by atoms with Crippen molar-refractivity contribution in [2.24, 2.45) is 5.41 Å². The van der Waals surface area contributed by atoms with Crippen LogP contribution in [0.5, 0.6) is 0 Å². The normalized spacial score (nSPS) is 15.2. The first-order valence-corrected chi connectivity index (χ1v) is 7.39. The highest BCUT2D eigenvalue weighted by Gasteiger charge is 2.30. The highest BCUT2D eigenvalue weighted by molar-refractivity contribution is 6.01. The standard InChI is InChI=1S/C18H29NO/c1-12-9-10-13(2)16(11-12)17(20)14(3)19(8)15(4)18(5,6)7/h9-11,14-15H,1-8H3. The number of hydrogen-bond donors (Lipinski definition) is 0. The van der Waals surface area contributed by atoms with E-state index in [4.69, 9.17) is 0 Å². The van der Waals surface area contributed by atoms with E-state index in [1.165, 1.54) is 0 Å². The van der Waals surface area contributed by atoms with Crippen LogP contribution >= 0.6 is 0 Å². The molecule has 0 radical (unpaired) electrons. The fraction of sp³-hybridized carbons (Fsp3) is 0.611. The third kappa shape index (κ3) is 3.69. The lowest BCUT2D eigenvalue weighted by Gasteiger charge is -2.38. The van der Waals surface area contributed by atoms with E-state index in [-0.39, 0.29) is 17.2 Å². The molecule has 0 bridgehead atoms. The van der Waals surface area contributed by atoms with Gasteiger partial charge in [0.15, 0.2) is 5.78 Å². The van der Waals surface area contributed by atoms with Crippen LogP contribution in [0, 0.1) is 19.3 Å². The Morgan fingerprint density at radius 3 is 2.20 bits per heavy atom. The van der Waals surface area contributed by atoms with Gasteiger partial charge in [-0.1, -0.05) is 38.5 Å². The van der Waals surface area contributed by atoms with Gasteiger partial charge in [-0.05, 0) is 51.8 Å². The zero-order chi connectivity index (χ0) is 15.7.